The summed E-state index contributed by atoms with van der Waals surface area (Å²) in [4.78, 5) is 12.4. The minimum Gasteiger partial charge on any atom is -0.490 e. The van der Waals surface area contributed by atoms with Gasteiger partial charge < -0.3 is 20.5 Å². The number of hydrogen-bond acceptors (Lipinski definition) is 3. The number of hydrogen-bond donors (Lipinski definition) is 2. The Balaban J connectivity index is 1.99. The quantitative estimate of drug-likeness (QED) is 0.827. The third-order valence-electron chi connectivity index (χ3n) is 3.01. The van der Waals surface area contributed by atoms with Gasteiger partial charge in [0.25, 0.3) is 0 Å². The second-order valence-corrected chi connectivity index (χ2v) is 4.68. The van der Waals surface area contributed by atoms with Crippen molar-refractivity contribution in [2.45, 2.75) is 18.9 Å². The third kappa shape index (κ3) is 2.79. The van der Waals surface area contributed by atoms with Gasteiger partial charge in [0, 0.05) is 18.3 Å². The minimum absolute atomic E-state index is 0.111. The van der Waals surface area contributed by atoms with E-state index in [1.165, 1.54) is 4.90 Å². The number of rotatable bonds is 3. The van der Waals surface area contributed by atoms with E-state index in [1.807, 2.05) is 0 Å². The van der Waals surface area contributed by atoms with Crippen LogP contribution in [0.1, 0.15) is 12.8 Å². The number of anilines is 1. The van der Waals surface area contributed by atoms with Crippen molar-refractivity contribution in [2.24, 2.45) is 0 Å². The molecule has 1 heterocycles. The first-order chi connectivity index (χ1) is 8.58. The molecule has 0 spiro atoms. The molecular formula is C12H15ClN2O3. The van der Waals surface area contributed by atoms with E-state index in [2.05, 4.69) is 0 Å². The maximum Gasteiger partial charge on any atom is 0.407 e. The number of nitrogens with two attached hydrogens (primary N) is 1. The Bertz CT molecular complexity index is 453. The molecule has 0 unspecified atom stereocenters. The highest BCUT2D eigenvalue weighted by Gasteiger charge is 2.29. The fourth-order valence-corrected chi connectivity index (χ4v) is 2.25. The molecular weight excluding hydrogens is 256 g/mol. The summed E-state index contributed by atoms with van der Waals surface area (Å²) in [6, 6.07) is 4.88. The molecule has 3 N–H and O–H groups in total. The second kappa shape index (κ2) is 5.35. The van der Waals surface area contributed by atoms with Gasteiger partial charge in [0.2, 0.25) is 0 Å². The van der Waals surface area contributed by atoms with Crippen molar-refractivity contribution in [1.82, 2.24) is 4.90 Å². The molecule has 1 saturated heterocycles. The van der Waals surface area contributed by atoms with Gasteiger partial charge in [0.1, 0.15) is 12.4 Å². The zero-order chi connectivity index (χ0) is 13.1. The molecule has 1 amide bonds. The Morgan fingerprint density at radius 1 is 1.61 bits per heavy atom. The van der Waals surface area contributed by atoms with E-state index in [-0.39, 0.29) is 6.04 Å². The maximum atomic E-state index is 11.0. The molecule has 0 radical (unpaired) electrons. The first-order valence-electron chi connectivity index (χ1n) is 5.75. The molecule has 1 fully saturated rings. The molecule has 2 rings (SSSR count). The number of ether oxygens (including phenoxy) is 1. The van der Waals surface area contributed by atoms with Crippen LogP contribution < -0.4 is 10.5 Å². The summed E-state index contributed by atoms with van der Waals surface area (Å²) in [5.41, 5.74) is 6.21. The van der Waals surface area contributed by atoms with Crippen LogP contribution in [0.25, 0.3) is 0 Å². The van der Waals surface area contributed by atoms with Gasteiger partial charge in [-0.25, -0.2) is 4.79 Å². The number of likely N-dealkylation sites (tertiary alicyclic amines) is 1. The van der Waals surface area contributed by atoms with Gasteiger partial charge in [-0.1, -0.05) is 11.6 Å². The van der Waals surface area contributed by atoms with Crippen LogP contribution >= 0.6 is 11.6 Å². The first-order valence-corrected chi connectivity index (χ1v) is 6.13. The van der Waals surface area contributed by atoms with E-state index in [4.69, 9.17) is 27.2 Å². The van der Waals surface area contributed by atoms with Crippen LogP contribution in [0.3, 0.4) is 0 Å². The molecule has 18 heavy (non-hydrogen) atoms. The predicted molar refractivity (Wildman–Crippen MR) is 69.1 cm³/mol. The maximum absolute atomic E-state index is 11.0. The molecule has 0 aliphatic carbocycles. The summed E-state index contributed by atoms with van der Waals surface area (Å²) in [7, 11) is 0. The summed E-state index contributed by atoms with van der Waals surface area (Å²) < 4.78 is 5.56. The van der Waals surface area contributed by atoms with Crippen LogP contribution in [-0.4, -0.2) is 35.3 Å². The highest BCUT2D eigenvalue weighted by atomic mass is 35.5. The van der Waals surface area contributed by atoms with E-state index >= 15 is 0 Å². The Morgan fingerprint density at radius 3 is 3.11 bits per heavy atom. The molecule has 0 saturated carbocycles. The Labute approximate surface area is 110 Å². The second-order valence-electron chi connectivity index (χ2n) is 4.27. The zero-order valence-electron chi connectivity index (χ0n) is 9.80. The Hall–Kier alpha value is -1.62. The minimum atomic E-state index is -0.903. The molecule has 1 aliphatic rings. The van der Waals surface area contributed by atoms with E-state index in [0.717, 1.165) is 12.8 Å². The number of nitrogens with zero attached hydrogens (tertiary/aromatic N) is 1. The van der Waals surface area contributed by atoms with Gasteiger partial charge in [0.05, 0.1) is 11.1 Å². The molecule has 1 aromatic carbocycles. The topological polar surface area (TPSA) is 75.8 Å². The SMILES string of the molecule is Nc1ccc(Cl)c(OC[C@@H]2CCCN2C(=O)O)c1. The van der Waals surface area contributed by atoms with Gasteiger partial charge >= 0.3 is 6.09 Å². The number of nitrogen functional groups attached to an aromatic ring is 1. The lowest BCUT2D eigenvalue weighted by Gasteiger charge is -2.21. The molecule has 0 bridgehead atoms. The van der Waals surface area contributed by atoms with Crippen LogP contribution in [0.5, 0.6) is 5.75 Å². The van der Waals surface area contributed by atoms with Crippen molar-refractivity contribution in [2.75, 3.05) is 18.9 Å². The smallest absolute Gasteiger partial charge is 0.407 e. The van der Waals surface area contributed by atoms with Crippen LogP contribution in [0.2, 0.25) is 5.02 Å². The molecule has 1 aromatic rings. The average molecular weight is 271 g/mol. The highest BCUT2D eigenvalue weighted by Crippen LogP contribution is 2.27. The fraction of sp³-hybridized carbons (Fsp3) is 0.417. The fourth-order valence-electron chi connectivity index (χ4n) is 2.08. The number of benzene rings is 1. The summed E-state index contributed by atoms with van der Waals surface area (Å²) in [6.07, 6.45) is 0.775. The van der Waals surface area contributed by atoms with Gasteiger partial charge in [0.15, 0.2) is 0 Å². The summed E-state index contributed by atoms with van der Waals surface area (Å²) in [5.74, 6) is 0.494. The van der Waals surface area contributed by atoms with Crippen molar-refractivity contribution in [3.63, 3.8) is 0 Å². The van der Waals surface area contributed by atoms with Crippen LogP contribution in [0, 0.1) is 0 Å². The van der Waals surface area contributed by atoms with Crippen molar-refractivity contribution in [1.29, 1.82) is 0 Å². The van der Waals surface area contributed by atoms with Crippen LogP contribution in [0.15, 0.2) is 18.2 Å². The summed E-state index contributed by atoms with van der Waals surface area (Å²) in [6.45, 7) is 0.865. The standard InChI is InChI=1S/C12H15ClN2O3/c13-10-4-3-8(14)6-11(10)18-7-9-2-1-5-15(9)12(16)17/h3-4,6,9H,1-2,5,7,14H2,(H,16,17)/t9-/m0/s1. The lowest BCUT2D eigenvalue weighted by Crippen LogP contribution is -2.38. The van der Waals surface area contributed by atoms with Gasteiger partial charge in [-0.2, -0.15) is 0 Å². The zero-order valence-corrected chi connectivity index (χ0v) is 10.6. The van der Waals surface area contributed by atoms with Crippen molar-refractivity contribution in [3.8, 4) is 5.75 Å². The van der Waals surface area contributed by atoms with E-state index < -0.39 is 6.09 Å². The molecule has 0 aromatic heterocycles. The van der Waals surface area contributed by atoms with Crippen LogP contribution in [-0.2, 0) is 0 Å². The Kier molecular flexibility index (Phi) is 3.81. The number of carbonyl (C=O) groups is 1. The number of halogens is 1. The molecule has 1 aliphatic heterocycles. The first kappa shape index (κ1) is 12.8. The normalized spacial score (nSPS) is 18.9. The lowest BCUT2D eigenvalue weighted by molar-refractivity contribution is 0.123. The van der Waals surface area contributed by atoms with E-state index in [9.17, 15) is 4.79 Å². The highest BCUT2D eigenvalue weighted by molar-refractivity contribution is 6.32. The van der Waals surface area contributed by atoms with Crippen molar-refractivity contribution in [3.05, 3.63) is 23.2 Å². The Morgan fingerprint density at radius 2 is 2.39 bits per heavy atom. The van der Waals surface area contributed by atoms with Crippen molar-refractivity contribution >= 4 is 23.4 Å². The largest absolute Gasteiger partial charge is 0.490 e. The molecule has 1 atom stereocenters. The molecule has 5 nitrogen and oxygen atoms in total. The predicted octanol–water partition coefficient (Wildman–Crippen LogP) is 2.44. The van der Waals surface area contributed by atoms with E-state index in [0.29, 0.717) is 29.6 Å². The van der Waals surface area contributed by atoms with Crippen LogP contribution in [0.4, 0.5) is 10.5 Å². The number of carboxylic acid groups (broad SMARTS) is 1. The molecule has 6 heteroatoms. The lowest BCUT2D eigenvalue weighted by atomic mass is 10.2. The monoisotopic (exact) mass is 270 g/mol. The van der Waals surface area contributed by atoms with Crippen molar-refractivity contribution < 1.29 is 14.6 Å². The van der Waals surface area contributed by atoms with Gasteiger partial charge in [-0.3, -0.25) is 0 Å². The third-order valence-corrected chi connectivity index (χ3v) is 3.32. The molecule has 98 valence electrons. The average Bonchev–Trinajstić information content (AvgIpc) is 2.79. The van der Waals surface area contributed by atoms with Gasteiger partial charge in [-0.05, 0) is 25.0 Å². The summed E-state index contributed by atoms with van der Waals surface area (Å²) in [5, 5.41) is 9.48. The number of amides is 1. The van der Waals surface area contributed by atoms with E-state index in [1.54, 1.807) is 18.2 Å². The summed E-state index contributed by atoms with van der Waals surface area (Å²) >= 11 is 5.97. The van der Waals surface area contributed by atoms with Gasteiger partial charge in [-0.15, -0.1) is 0 Å².